The van der Waals surface area contributed by atoms with Gasteiger partial charge in [-0.3, -0.25) is 4.98 Å². The van der Waals surface area contributed by atoms with Crippen LogP contribution >= 0.6 is 23.2 Å². The molecule has 1 aliphatic heterocycles. The smallest absolute Gasteiger partial charge is 0.137 e. The fourth-order valence-electron chi connectivity index (χ4n) is 3.64. The predicted octanol–water partition coefficient (Wildman–Crippen LogP) is 6.89. The van der Waals surface area contributed by atoms with Crippen molar-refractivity contribution in [1.82, 2.24) is 15.0 Å². The third-order valence-electron chi connectivity index (χ3n) is 5.57. The van der Waals surface area contributed by atoms with Gasteiger partial charge in [-0.25, -0.2) is 9.97 Å². The maximum atomic E-state index is 6.66. The van der Waals surface area contributed by atoms with Crippen LogP contribution < -0.4 is 9.64 Å². The van der Waals surface area contributed by atoms with E-state index < -0.39 is 0 Å². The summed E-state index contributed by atoms with van der Waals surface area (Å²) in [7, 11) is 1.64. The number of nitrogens with zero attached hydrogens (tertiary/aromatic N) is 4. The van der Waals surface area contributed by atoms with Crippen LogP contribution in [0.2, 0.25) is 5.02 Å². The van der Waals surface area contributed by atoms with Gasteiger partial charge in [-0.05, 0) is 36.8 Å². The maximum Gasteiger partial charge on any atom is 0.137 e. The zero-order chi connectivity index (χ0) is 25.2. The molecule has 0 bridgehead atoms. The molecule has 6 nitrogen and oxygen atoms in total. The number of hydrogen-bond donors (Lipinski definition) is 0. The number of aromatic nitrogens is 3. The highest BCUT2D eigenvalue weighted by atomic mass is 35.5. The first kappa shape index (κ1) is 25.0. The van der Waals surface area contributed by atoms with E-state index in [0.717, 1.165) is 34.2 Å². The van der Waals surface area contributed by atoms with Crippen LogP contribution in [0.4, 0.5) is 5.69 Å². The largest absolute Gasteiger partial charge is 0.497 e. The minimum absolute atomic E-state index is 0.170. The molecule has 2 aromatic heterocycles. The number of pyridine rings is 1. The van der Waals surface area contributed by atoms with Gasteiger partial charge in [0.05, 0.1) is 40.8 Å². The van der Waals surface area contributed by atoms with Crippen LogP contribution in [0.3, 0.4) is 0 Å². The lowest BCUT2D eigenvalue weighted by molar-refractivity contribution is 0.207. The Morgan fingerprint density at radius 2 is 1.86 bits per heavy atom. The molecule has 0 radical (unpaired) electrons. The normalized spacial score (nSPS) is 14.1. The second-order valence-corrected chi connectivity index (χ2v) is 10.2. The fraction of sp³-hybridized carbons (Fsp3) is 0.296. The summed E-state index contributed by atoms with van der Waals surface area (Å²) < 4.78 is 11.3. The van der Waals surface area contributed by atoms with E-state index in [-0.39, 0.29) is 5.41 Å². The van der Waals surface area contributed by atoms with Crippen molar-refractivity contribution >= 4 is 28.9 Å². The van der Waals surface area contributed by atoms with Gasteiger partial charge >= 0.3 is 0 Å². The fourth-order valence-corrected chi connectivity index (χ4v) is 4.08. The molecule has 0 aliphatic carbocycles. The number of rotatable bonds is 6. The van der Waals surface area contributed by atoms with E-state index >= 15 is 0 Å². The van der Waals surface area contributed by atoms with Gasteiger partial charge in [0.2, 0.25) is 0 Å². The molecule has 0 amide bonds. The molecule has 0 saturated carbocycles. The Labute approximate surface area is 216 Å². The molecule has 0 N–H and O–H groups in total. The molecule has 0 spiro atoms. The third kappa shape index (κ3) is 5.77. The molecule has 8 heteroatoms. The summed E-state index contributed by atoms with van der Waals surface area (Å²) in [5.41, 5.74) is 4.03. The van der Waals surface area contributed by atoms with E-state index in [1.165, 1.54) is 0 Å². The van der Waals surface area contributed by atoms with Crippen molar-refractivity contribution in [2.24, 2.45) is 0 Å². The predicted molar refractivity (Wildman–Crippen MR) is 141 cm³/mol. The lowest BCUT2D eigenvalue weighted by Gasteiger charge is -2.30. The minimum atomic E-state index is -0.170. The van der Waals surface area contributed by atoms with Crippen molar-refractivity contribution in [2.45, 2.75) is 39.7 Å². The van der Waals surface area contributed by atoms with E-state index in [9.17, 15) is 0 Å². The second-order valence-electron chi connectivity index (χ2n) is 9.32. The molecule has 1 aromatic carbocycles. The van der Waals surface area contributed by atoms with E-state index in [0.29, 0.717) is 34.7 Å². The van der Waals surface area contributed by atoms with Crippen LogP contribution in [0.5, 0.6) is 5.75 Å². The SMILES string of the molecule is COc1cccc(COC2=C(Cl)CN(c3cc(-c4ccnc(C(C)(C)C)n4)ncc3Cl)C(C)=C2)c1. The first-order chi connectivity index (χ1) is 16.7. The van der Waals surface area contributed by atoms with Crippen molar-refractivity contribution in [2.75, 3.05) is 18.6 Å². The molecular weight excluding hydrogens is 483 g/mol. The minimum Gasteiger partial charge on any atom is -0.497 e. The molecular formula is C27H28Cl2N4O2. The van der Waals surface area contributed by atoms with Gasteiger partial charge in [0, 0.05) is 29.6 Å². The Hall–Kier alpha value is -3.09. The molecule has 182 valence electrons. The summed E-state index contributed by atoms with van der Waals surface area (Å²) in [6, 6.07) is 11.5. The highest BCUT2D eigenvalue weighted by Gasteiger charge is 2.23. The first-order valence-electron chi connectivity index (χ1n) is 11.3. The van der Waals surface area contributed by atoms with Crippen LogP contribution in [-0.4, -0.2) is 28.6 Å². The third-order valence-corrected chi connectivity index (χ3v) is 6.17. The number of benzene rings is 1. The average molecular weight is 511 g/mol. The van der Waals surface area contributed by atoms with Gasteiger partial charge < -0.3 is 14.4 Å². The van der Waals surface area contributed by atoms with Gasteiger partial charge in [-0.15, -0.1) is 0 Å². The average Bonchev–Trinajstić information content (AvgIpc) is 2.84. The van der Waals surface area contributed by atoms with Crippen molar-refractivity contribution in [3.8, 4) is 17.1 Å². The number of ether oxygens (including phenoxy) is 2. The van der Waals surface area contributed by atoms with Gasteiger partial charge in [0.15, 0.2) is 0 Å². The molecule has 3 heterocycles. The Bertz CT molecular complexity index is 1300. The van der Waals surface area contributed by atoms with Crippen LogP contribution in [0.1, 0.15) is 39.1 Å². The highest BCUT2D eigenvalue weighted by Crippen LogP contribution is 2.35. The van der Waals surface area contributed by atoms with E-state index in [2.05, 4.69) is 30.7 Å². The highest BCUT2D eigenvalue weighted by molar-refractivity contribution is 6.33. The summed E-state index contributed by atoms with van der Waals surface area (Å²) in [4.78, 5) is 15.7. The van der Waals surface area contributed by atoms with Gasteiger partial charge in [0.1, 0.15) is 23.9 Å². The molecule has 4 rings (SSSR count). The zero-order valence-electron chi connectivity index (χ0n) is 20.5. The van der Waals surface area contributed by atoms with Crippen molar-refractivity contribution in [3.63, 3.8) is 0 Å². The first-order valence-corrected chi connectivity index (χ1v) is 12.0. The summed E-state index contributed by atoms with van der Waals surface area (Å²) in [5, 5.41) is 1.11. The molecule has 35 heavy (non-hydrogen) atoms. The molecule has 0 saturated heterocycles. The lowest BCUT2D eigenvalue weighted by atomic mass is 9.95. The van der Waals surface area contributed by atoms with Crippen LogP contribution in [0.25, 0.3) is 11.4 Å². The second kappa shape index (κ2) is 10.3. The maximum absolute atomic E-state index is 6.66. The number of anilines is 1. The Balaban J connectivity index is 1.56. The van der Waals surface area contributed by atoms with Crippen LogP contribution in [0.15, 0.2) is 71.4 Å². The van der Waals surface area contributed by atoms with Gasteiger partial charge in [-0.1, -0.05) is 56.1 Å². The van der Waals surface area contributed by atoms with Crippen LogP contribution in [0, 0.1) is 0 Å². The quantitative estimate of drug-likeness (QED) is 0.359. The zero-order valence-corrected chi connectivity index (χ0v) is 22.0. The van der Waals surface area contributed by atoms with E-state index in [1.54, 1.807) is 19.5 Å². The van der Waals surface area contributed by atoms with Crippen molar-refractivity contribution < 1.29 is 9.47 Å². The summed E-state index contributed by atoms with van der Waals surface area (Å²) in [6.07, 6.45) is 5.33. The summed E-state index contributed by atoms with van der Waals surface area (Å²) in [5.74, 6) is 2.18. The molecule has 1 aliphatic rings. The van der Waals surface area contributed by atoms with Crippen molar-refractivity contribution in [1.29, 1.82) is 0 Å². The number of halogens is 2. The monoisotopic (exact) mass is 510 g/mol. The number of allylic oxidation sites excluding steroid dienone is 2. The Kier molecular flexibility index (Phi) is 7.33. The molecule has 0 atom stereocenters. The molecule has 0 fully saturated rings. The van der Waals surface area contributed by atoms with Gasteiger partial charge in [0.25, 0.3) is 0 Å². The Morgan fingerprint density at radius 1 is 1.06 bits per heavy atom. The van der Waals surface area contributed by atoms with E-state index in [4.69, 9.17) is 37.7 Å². The Morgan fingerprint density at radius 3 is 2.60 bits per heavy atom. The standard InChI is InChI=1S/C27H28Cl2N4O2/c1-17-11-25(35-16-18-7-6-8-19(12-18)34-5)21(29)15-33(17)24-13-23(31-14-20(24)28)22-9-10-30-26(32-22)27(2,3)4/h6-14H,15-16H2,1-5H3. The lowest BCUT2D eigenvalue weighted by Crippen LogP contribution is -2.27. The summed E-state index contributed by atoms with van der Waals surface area (Å²) in [6.45, 7) is 9.05. The van der Waals surface area contributed by atoms with Gasteiger partial charge in [-0.2, -0.15) is 0 Å². The van der Waals surface area contributed by atoms with Crippen LogP contribution in [-0.2, 0) is 16.8 Å². The topological polar surface area (TPSA) is 60.4 Å². The molecule has 3 aromatic rings. The van der Waals surface area contributed by atoms with Crippen molar-refractivity contribution in [3.05, 3.63) is 87.8 Å². The molecule has 0 unspecified atom stereocenters. The summed E-state index contributed by atoms with van der Waals surface area (Å²) >= 11 is 13.2. The van der Waals surface area contributed by atoms with E-state index in [1.807, 2.05) is 54.3 Å². The number of hydrogen-bond acceptors (Lipinski definition) is 6. The number of methoxy groups -OCH3 is 1.